The second-order valence-electron chi connectivity index (χ2n) is 20.6. The van der Waals surface area contributed by atoms with Gasteiger partial charge in [-0.05, 0) is 38.5 Å². The predicted octanol–water partition coefficient (Wildman–Crippen LogP) is 14.5. The van der Waals surface area contributed by atoms with Crippen LogP contribution in [0.15, 0.2) is 12.2 Å². The number of aliphatic hydroxyl groups is 3. The molecular formula is C57H110O12S. The standard InChI is InChI=1S/C57H110O12S/c1-3-5-7-9-11-13-15-17-19-21-23-25-27-29-31-33-35-37-39-41-43-45-47-65-49-51(50-66-57-55(61)56(69-70(62,63)64)54(60)52(48-58)68-57)67-53(59)46-44-42-40-38-36-34-32-30-28-26-24-22-20-18-16-14-12-10-8-6-4-2/h21,23,51-52,54-58,60-61H,3-20,22,24-50H2,1-2H3,(H,62,63,64)/b23-21-. The summed E-state index contributed by atoms with van der Waals surface area (Å²) in [5.74, 6) is -0.391. The number of aliphatic hydroxyl groups excluding tert-OH is 3. The Morgan fingerprint density at radius 3 is 1.29 bits per heavy atom. The largest absolute Gasteiger partial charge is 0.457 e. The molecule has 6 atom stereocenters. The number of carbonyl (C=O) groups excluding carboxylic acids is 1. The lowest BCUT2D eigenvalue weighted by molar-refractivity contribution is -0.301. The molecule has 0 amide bonds. The van der Waals surface area contributed by atoms with E-state index in [0.717, 1.165) is 38.5 Å². The van der Waals surface area contributed by atoms with Gasteiger partial charge < -0.3 is 34.3 Å². The van der Waals surface area contributed by atoms with Crippen LogP contribution in [0.5, 0.6) is 0 Å². The van der Waals surface area contributed by atoms with Crippen LogP contribution in [0, 0.1) is 0 Å². The Bertz CT molecular complexity index is 1270. The van der Waals surface area contributed by atoms with E-state index in [0.29, 0.717) is 13.0 Å². The molecule has 1 rings (SSSR count). The summed E-state index contributed by atoms with van der Waals surface area (Å²) in [4.78, 5) is 13.0. The van der Waals surface area contributed by atoms with Crippen LogP contribution < -0.4 is 0 Å². The van der Waals surface area contributed by atoms with E-state index in [4.69, 9.17) is 18.9 Å². The smallest absolute Gasteiger partial charge is 0.397 e. The van der Waals surface area contributed by atoms with Gasteiger partial charge in [0.2, 0.25) is 0 Å². The van der Waals surface area contributed by atoms with Gasteiger partial charge in [0.05, 0.1) is 19.8 Å². The number of hydrogen-bond acceptors (Lipinski definition) is 11. The number of allylic oxidation sites excluding steroid dienone is 2. The molecule has 1 heterocycles. The fourth-order valence-corrected chi connectivity index (χ4v) is 9.94. The summed E-state index contributed by atoms with van der Waals surface area (Å²) < 4.78 is 59.5. The van der Waals surface area contributed by atoms with E-state index in [2.05, 4.69) is 30.2 Å². The topological polar surface area (TPSA) is 178 Å². The maximum absolute atomic E-state index is 13.0. The third-order valence-corrected chi connectivity index (χ3v) is 14.4. The average Bonchev–Trinajstić information content (AvgIpc) is 3.34. The van der Waals surface area contributed by atoms with Crippen LogP contribution in [0.2, 0.25) is 0 Å². The first-order valence-electron chi connectivity index (χ1n) is 29.4. The minimum Gasteiger partial charge on any atom is -0.457 e. The highest BCUT2D eigenvalue weighted by Crippen LogP contribution is 2.26. The SMILES string of the molecule is CCCCCCCCCC/C=C\CCCCCCCCCCCCOCC(COC1OC(CO)C(O)C(OS(=O)(=O)O)C1O)OC(=O)CCCCCCCCCCCCCCCCCCCCCCC. The van der Waals surface area contributed by atoms with Crippen molar-refractivity contribution in [3.05, 3.63) is 12.2 Å². The van der Waals surface area contributed by atoms with Crippen molar-refractivity contribution in [2.75, 3.05) is 26.4 Å². The fraction of sp³-hybridized carbons (Fsp3) is 0.947. The van der Waals surface area contributed by atoms with Gasteiger partial charge >= 0.3 is 16.4 Å². The predicted molar refractivity (Wildman–Crippen MR) is 285 cm³/mol. The summed E-state index contributed by atoms with van der Waals surface area (Å²) in [5, 5.41) is 30.8. The van der Waals surface area contributed by atoms with Crippen LogP contribution in [0.25, 0.3) is 0 Å². The summed E-state index contributed by atoms with van der Waals surface area (Å²) in [6.45, 7) is 4.06. The number of unbranched alkanes of at least 4 members (excludes halogenated alkanes) is 38. The molecule has 70 heavy (non-hydrogen) atoms. The summed E-state index contributed by atoms with van der Waals surface area (Å²) >= 11 is 0. The van der Waals surface area contributed by atoms with Crippen molar-refractivity contribution in [1.29, 1.82) is 0 Å². The molecular weight excluding hydrogens is 909 g/mol. The van der Waals surface area contributed by atoms with Gasteiger partial charge in [-0.15, -0.1) is 0 Å². The molecule has 0 aliphatic carbocycles. The van der Waals surface area contributed by atoms with Crippen molar-refractivity contribution in [2.45, 2.75) is 320 Å². The Labute approximate surface area is 429 Å². The van der Waals surface area contributed by atoms with Crippen molar-refractivity contribution in [2.24, 2.45) is 0 Å². The van der Waals surface area contributed by atoms with Gasteiger partial charge in [-0.1, -0.05) is 251 Å². The molecule has 6 unspecified atom stereocenters. The zero-order valence-corrected chi connectivity index (χ0v) is 45.9. The Hall–Kier alpha value is -1.16. The highest BCUT2D eigenvalue weighted by atomic mass is 32.3. The minimum atomic E-state index is -5.06. The molecule has 12 nitrogen and oxygen atoms in total. The normalized spacial score (nSPS) is 19.1. The third-order valence-electron chi connectivity index (χ3n) is 13.9. The maximum Gasteiger partial charge on any atom is 0.397 e. The van der Waals surface area contributed by atoms with Gasteiger partial charge in [0.1, 0.15) is 30.5 Å². The lowest BCUT2D eigenvalue weighted by atomic mass is 9.99. The van der Waals surface area contributed by atoms with E-state index in [-0.39, 0.29) is 19.6 Å². The zero-order valence-electron chi connectivity index (χ0n) is 45.1. The third kappa shape index (κ3) is 41.2. The van der Waals surface area contributed by atoms with Gasteiger partial charge in [-0.3, -0.25) is 9.35 Å². The number of esters is 1. The van der Waals surface area contributed by atoms with Crippen LogP contribution in [-0.4, -0.2) is 97.5 Å². The molecule has 0 aromatic rings. The Kier molecular flexibility index (Phi) is 46.6. The van der Waals surface area contributed by atoms with Gasteiger partial charge in [0.25, 0.3) is 0 Å². The fourth-order valence-electron chi connectivity index (χ4n) is 9.44. The molecule has 4 N–H and O–H groups in total. The molecule has 0 saturated carbocycles. The second kappa shape index (κ2) is 48.8. The Morgan fingerprint density at radius 1 is 0.529 bits per heavy atom. The Balaban J connectivity index is 2.28. The molecule has 1 fully saturated rings. The van der Waals surface area contributed by atoms with E-state index in [1.54, 1.807) is 0 Å². The van der Waals surface area contributed by atoms with Gasteiger partial charge in [0, 0.05) is 13.0 Å². The van der Waals surface area contributed by atoms with E-state index in [1.165, 1.54) is 218 Å². The van der Waals surface area contributed by atoms with Crippen LogP contribution in [0.3, 0.4) is 0 Å². The first-order chi connectivity index (χ1) is 34.1. The van der Waals surface area contributed by atoms with Crippen LogP contribution in [-0.2, 0) is 38.3 Å². The first kappa shape index (κ1) is 66.9. The molecule has 0 aromatic heterocycles. The molecule has 13 heteroatoms. The highest BCUT2D eigenvalue weighted by molar-refractivity contribution is 7.80. The lowest BCUT2D eigenvalue weighted by Crippen LogP contribution is -2.60. The van der Waals surface area contributed by atoms with Gasteiger partial charge in [-0.2, -0.15) is 8.42 Å². The second-order valence-corrected chi connectivity index (χ2v) is 21.6. The van der Waals surface area contributed by atoms with Crippen molar-refractivity contribution < 1.29 is 56.2 Å². The Morgan fingerprint density at radius 2 is 0.900 bits per heavy atom. The quantitative estimate of drug-likeness (QED) is 0.0196. The van der Waals surface area contributed by atoms with Gasteiger partial charge in [0.15, 0.2) is 6.29 Å². The molecule has 416 valence electrons. The molecule has 1 saturated heterocycles. The maximum atomic E-state index is 13.0. The van der Waals surface area contributed by atoms with Crippen LogP contribution in [0.1, 0.15) is 284 Å². The number of ether oxygens (including phenoxy) is 4. The highest BCUT2D eigenvalue weighted by Gasteiger charge is 2.48. The molecule has 0 bridgehead atoms. The van der Waals surface area contributed by atoms with Crippen LogP contribution in [0.4, 0.5) is 0 Å². The van der Waals surface area contributed by atoms with E-state index in [9.17, 15) is 33.1 Å². The number of carbonyl (C=O) groups is 1. The van der Waals surface area contributed by atoms with Gasteiger partial charge in [-0.25, -0.2) is 4.18 Å². The summed E-state index contributed by atoms with van der Waals surface area (Å²) in [7, 11) is -5.06. The summed E-state index contributed by atoms with van der Waals surface area (Å²) in [6, 6.07) is 0. The zero-order chi connectivity index (χ0) is 51.0. The monoisotopic (exact) mass is 1020 g/mol. The van der Waals surface area contributed by atoms with Crippen molar-refractivity contribution in [1.82, 2.24) is 0 Å². The van der Waals surface area contributed by atoms with Crippen molar-refractivity contribution in [3.63, 3.8) is 0 Å². The molecule has 0 radical (unpaired) electrons. The van der Waals surface area contributed by atoms with E-state index in [1.807, 2.05) is 0 Å². The van der Waals surface area contributed by atoms with Crippen molar-refractivity contribution in [3.8, 4) is 0 Å². The molecule has 1 aliphatic rings. The molecule has 0 aromatic carbocycles. The van der Waals surface area contributed by atoms with Crippen LogP contribution >= 0.6 is 0 Å². The lowest BCUT2D eigenvalue weighted by Gasteiger charge is -2.41. The molecule has 1 aliphatic heterocycles. The number of rotatable bonds is 53. The van der Waals surface area contributed by atoms with E-state index >= 15 is 0 Å². The first-order valence-corrected chi connectivity index (χ1v) is 30.8. The number of hydrogen-bond donors (Lipinski definition) is 4. The van der Waals surface area contributed by atoms with E-state index < -0.39 is 59.8 Å². The minimum absolute atomic E-state index is 0.0416. The summed E-state index contributed by atoms with van der Waals surface area (Å²) in [6.07, 6.45) is 48.2. The molecule has 0 spiro atoms. The average molecular weight is 1020 g/mol. The summed E-state index contributed by atoms with van der Waals surface area (Å²) in [5.41, 5.74) is 0. The van der Waals surface area contributed by atoms with Crippen molar-refractivity contribution >= 4 is 16.4 Å².